The molecule has 0 atom stereocenters. The molecule has 0 amide bonds. The molecule has 106 valence electrons. The van der Waals surface area contributed by atoms with E-state index in [1.165, 1.54) is 0 Å². The van der Waals surface area contributed by atoms with Crippen LogP contribution in [-0.4, -0.2) is 86.5 Å². The molecule has 0 radical (unpaired) electrons. The molecule has 4 nitrogen and oxygen atoms in total. The summed E-state index contributed by atoms with van der Waals surface area (Å²) in [4.78, 5) is 0. The van der Waals surface area contributed by atoms with Gasteiger partial charge in [-0.15, -0.1) is 0 Å². The average Bonchev–Trinajstić information content (AvgIpc) is 2.37. The molecule has 0 aliphatic carbocycles. The van der Waals surface area contributed by atoms with Crippen molar-refractivity contribution in [3.63, 3.8) is 0 Å². The summed E-state index contributed by atoms with van der Waals surface area (Å²) >= 11 is -2.77. The molecule has 0 aromatic rings. The predicted octanol–water partition coefficient (Wildman–Crippen LogP) is 0.961. The van der Waals surface area contributed by atoms with Crippen LogP contribution in [0.1, 0.15) is 27.7 Å². The van der Waals surface area contributed by atoms with E-state index in [1.807, 2.05) is 0 Å². The number of hydrogen-bond donors (Lipinski definition) is 0. The minimum atomic E-state index is -2.77. The average molecular weight is 355 g/mol. The Morgan fingerprint density at radius 1 is 0.529 bits per heavy atom. The van der Waals surface area contributed by atoms with Gasteiger partial charge in [0.25, 0.3) is 0 Å². The zero-order chi connectivity index (χ0) is 13.6. The van der Waals surface area contributed by atoms with E-state index >= 15 is 0 Å². The fourth-order valence-electron chi connectivity index (χ4n) is 2.60. The first-order chi connectivity index (χ1) is 7.93. The normalized spacial score (nSPS) is 14.4. The molecular formula is C12H33N4Sb. The topological polar surface area (TPSA) is 13.0 Å². The van der Waals surface area contributed by atoms with Crippen molar-refractivity contribution in [1.82, 2.24) is 12.2 Å². The van der Waals surface area contributed by atoms with Crippen LogP contribution in [0.15, 0.2) is 0 Å². The van der Waals surface area contributed by atoms with Crippen molar-refractivity contribution in [2.75, 3.05) is 54.4 Å². The molecule has 0 aliphatic heterocycles. The van der Waals surface area contributed by atoms with Gasteiger partial charge in [-0.3, -0.25) is 0 Å². The first-order valence-electron chi connectivity index (χ1n) is 6.78. The Kier molecular flexibility index (Phi) is 8.26. The van der Waals surface area contributed by atoms with Crippen molar-refractivity contribution < 1.29 is 0 Å². The van der Waals surface area contributed by atoms with Crippen molar-refractivity contribution in [2.24, 2.45) is 0 Å². The second-order valence-corrected chi connectivity index (χ2v) is 16.8. The number of nitrogens with zero attached hydrogens (tertiary/aromatic N) is 4. The monoisotopic (exact) mass is 354 g/mol. The molecule has 0 saturated carbocycles. The van der Waals surface area contributed by atoms with E-state index in [-0.39, 0.29) is 0 Å². The van der Waals surface area contributed by atoms with Crippen LogP contribution >= 0.6 is 0 Å². The summed E-state index contributed by atoms with van der Waals surface area (Å²) in [5, 5.41) is 0. The maximum absolute atomic E-state index is 2.77. The summed E-state index contributed by atoms with van der Waals surface area (Å²) in [6.07, 6.45) is 0. The number of hydrogen-bond acceptors (Lipinski definition) is 4. The molecule has 0 aromatic carbocycles. The summed E-state index contributed by atoms with van der Waals surface area (Å²) in [5.41, 5.74) is 0. The predicted molar refractivity (Wildman–Crippen MR) is 80.4 cm³/mol. The van der Waals surface area contributed by atoms with Crippen LogP contribution in [-0.2, 0) is 0 Å². The third-order valence-electron chi connectivity index (χ3n) is 3.95. The van der Waals surface area contributed by atoms with Crippen LogP contribution in [0.25, 0.3) is 0 Å². The Bertz CT molecular complexity index is 167. The van der Waals surface area contributed by atoms with E-state index in [1.54, 1.807) is 0 Å². The first kappa shape index (κ1) is 17.7. The van der Waals surface area contributed by atoms with Gasteiger partial charge in [0, 0.05) is 0 Å². The van der Waals surface area contributed by atoms with Crippen LogP contribution in [0.4, 0.5) is 0 Å². The first-order valence-corrected chi connectivity index (χ1v) is 11.9. The quantitative estimate of drug-likeness (QED) is 0.602. The Hall–Kier alpha value is 0.658. The van der Waals surface area contributed by atoms with Gasteiger partial charge in [-0.25, -0.2) is 0 Å². The summed E-state index contributed by atoms with van der Waals surface area (Å²) < 4.78 is 10.5. The number of rotatable bonds is 8. The van der Waals surface area contributed by atoms with Gasteiger partial charge in [0.05, 0.1) is 0 Å². The van der Waals surface area contributed by atoms with Crippen LogP contribution in [0.3, 0.4) is 0 Å². The second-order valence-electron chi connectivity index (χ2n) is 4.66. The maximum atomic E-state index is 2.62. The fraction of sp³-hybridized carbons (Fsp3) is 1.00. The van der Waals surface area contributed by atoms with Crippen molar-refractivity contribution in [1.29, 1.82) is 0 Å². The SMILES string of the molecule is CC[N](C)[SbH]([N](C)CC)([N](C)CC)[N](C)CC. The van der Waals surface area contributed by atoms with Crippen LogP contribution in [0.5, 0.6) is 0 Å². The molecule has 0 saturated heterocycles. The van der Waals surface area contributed by atoms with Gasteiger partial charge in [-0.2, -0.15) is 0 Å². The van der Waals surface area contributed by atoms with E-state index in [0.717, 1.165) is 26.2 Å². The summed E-state index contributed by atoms with van der Waals surface area (Å²) in [6, 6.07) is 0. The van der Waals surface area contributed by atoms with E-state index in [0.29, 0.717) is 0 Å². The van der Waals surface area contributed by atoms with Gasteiger partial charge >= 0.3 is 114 Å². The van der Waals surface area contributed by atoms with E-state index in [9.17, 15) is 0 Å². The summed E-state index contributed by atoms with van der Waals surface area (Å²) in [6.45, 7) is 13.5. The zero-order valence-corrected chi connectivity index (χ0v) is 16.0. The molecule has 0 N–H and O–H groups in total. The van der Waals surface area contributed by atoms with Crippen LogP contribution < -0.4 is 0 Å². The molecule has 0 spiro atoms. The van der Waals surface area contributed by atoms with Gasteiger partial charge in [-0.1, -0.05) is 0 Å². The summed E-state index contributed by atoms with van der Waals surface area (Å²) in [5.74, 6) is 0. The van der Waals surface area contributed by atoms with Gasteiger partial charge in [-0.05, 0) is 0 Å². The van der Waals surface area contributed by atoms with Crippen molar-refractivity contribution in [3.8, 4) is 0 Å². The van der Waals surface area contributed by atoms with Crippen LogP contribution in [0.2, 0.25) is 0 Å². The Balaban J connectivity index is 5.51. The molecule has 5 heteroatoms. The Labute approximate surface area is 114 Å². The molecular weight excluding hydrogens is 322 g/mol. The van der Waals surface area contributed by atoms with Gasteiger partial charge in [0.1, 0.15) is 0 Å². The van der Waals surface area contributed by atoms with Gasteiger partial charge in [0.15, 0.2) is 0 Å². The molecule has 0 aromatic heterocycles. The van der Waals surface area contributed by atoms with Crippen molar-refractivity contribution in [2.45, 2.75) is 27.7 Å². The molecule has 17 heavy (non-hydrogen) atoms. The van der Waals surface area contributed by atoms with E-state index in [2.05, 4.69) is 68.1 Å². The molecule has 0 fully saturated rings. The van der Waals surface area contributed by atoms with Crippen molar-refractivity contribution in [3.05, 3.63) is 0 Å². The minimum absolute atomic E-state index is 1.12. The Morgan fingerprint density at radius 2 is 0.706 bits per heavy atom. The molecule has 0 rings (SSSR count). The van der Waals surface area contributed by atoms with Crippen LogP contribution in [0, 0.1) is 0 Å². The van der Waals surface area contributed by atoms with Crippen molar-refractivity contribution >= 4 is 19.9 Å². The van der Waals surface area contributed by atoms with E-state index in [4.69, 9.17) is 0 Å². The van der Waals surface area contributed by atoms with Gasteiger partial charge in [0.2, 0.25) is 0 Å². The molecule has 0 bridgehead atoms. The van der Waals surface area contributed by atoms with Gasteiger partial charge < -0.3 is 0 Å². The summed E-state index contributed by atoms with van der Waals surface area (Å²) in [7, 11) is 9.17. The third kappa shape index (κ3) is 3.36. The standard InChI is InChI=1S/4C3H8N.Sb.H/c4*1-3-4-2;;/h4*3H2,1-2H3;;/q4*-1;+4;. The third-order valence-corrected chi connectivity index (χ3v) is 19.2. The molecule has 0 heterocycles. The van der Waals surface area contributed by atoms with E-state index < -0.39 is 19.9 Å². The second kappa shape index (κ2) is 7.96. The molecule has 0 aliphatic rings. The fourth-order valence-corrected chi connectivity index (χ4v) is 17.4. The Morgan fingerprint density at radius 3 is 0.824 bits per heavy atom. The zero-order valence-electron chi connectivity index (χ0n) is 13.1. The molecule has 0 unspecified atom stereocenters.